The van der Waals surface area contributed by atoms with Gasteiger partial charge in [-0.2, -0.15) is 0 Å². The summed E-state index contributed by atoms with van der Waals surface area (Å²) in [5, 5.41) is 3.29. The Morgan fingerprint density at radius 3 is 2.80 bits per heavy atom. The summed E-state index contributed by atoms with van der Waals surface area (Å²) in [4.78, 5) is 20.5. The van der Waals surface area contributed by atoms with Crippen molar-refractivity contribution in [3.05, 3.63) is 35.4 Å². The molecule has 0 aromatic heterocycles. The van der Waals surface area contributed by atoms with Crippen LogP contribution in [-0.4, -0.2) is 73.4 Å². The number of benzene rings is 1. The van der Waals surface area contributed by atoms with Crippen molar-refractivity contribution in [3.63, 3.8) is 0 Å². The van der Waals surface area contributed by atoms with Crippen LogP contribution in [0.25, 0.3) is 0 Å². The molecule has 8 heteroatoms. The van der Waals surface area contributed by atoms with Crippen LogP contribution in [-0.2, 0) is 22.6 Å². The van der Waals surface area contributed by atoms with E-state index in [0.29, 0.717) is 38.3 Å². The van der Waals surface area contributed by atoms with E-state index in [1.54, 1.807) is 4.90 Å². The van der Waals surface area contributed by atoms with Crippen LogP contribution in [0.3, 0.4) is 0 Å². The number of piperidine rings is 1. The molecule has 0 saturated carbocycles. The van der Waals surface area contributed by atoms with E-state index in [9.17, 15) is 4.79 Å². The Hall–Kier alpha value is -2.32. The predicted molar refractivity (Wildman–Crippen MR) is 117 cm³/mol. The number of nitrogens with one attached hydrogen (secondary N) is 1. The molecule has 1 amide bonds. The van der Waals surface area contributed by atoms with E-state index in [4.69, 9.17) is 15.2 Å². The Balaban J connectivity index is 1.44. The number of hydrogen-bond donors (Lipinski definition) is 2. The first-order valence-corrected chi connectivity index (χ1v) is 10.9. The highest BCUT2D eigenvalue weighted by molar-refractivity contribution is 5.78. The topological polar surface area (TPSA) is 92.4 Å². The SMILES string of the molecule is CCOC(=O)N1CCC(NC(N)=NCc2cccc(CN3CCOC(C)C3)c2)CC1. The van der Waals surface area contributed by atoms with Gasteiger partial charge in [-0.05, 0) is 37.8 Å². The molecule has 1 aromatic rings. The van der Waals surface area contributed by atoms with Gasteiger partial charge in [-0.25, -0.2) is 9.79 Å². The second-order valence-corrected chi connectivity index (χ2v) is 8.04. The first-order chi connectivity index (χ1) is 14.5. The number of nitrogens with two attached hydrogens (primary N) is 1. The van der Waals surface area contributed by atoms with Crippen LogP contribution in [0.15, 0.2) is 29.3 Å². The van der Waals surface area contributed by atoms with E-state index in [2.05, 4.69) is 46.4 Å². The summed E-state index contributed by atoms with van der Waals surface area (Å²) < 4.78 is 10.7. The molecule has 0 spiro atoms. The number of hydrogen-bond acceptors (Lipinski definition) is 5. The lowest BCUT2D eigenvalue weighted by molar-refractivity contribution is -0.0212. The summed E-state index contributed by atoms with van der Waals surface area (Å²) >= 11 is 0. The molecule has 3 rings (SSSR count). The maximum Gasteiger partial charge on any atom is 0.409 e. The number of carbonyl (C=O) groups excluding carboxylic acids is 1. The highest BCUT2D eigenvalue weighted by Gasteiger charge is 2.23. The van der Waals surface area contributed by atoms with E-state index in [0.717, 1.165) is 44.6 Å². The Kier molecular flexibility index (Phi) is 8.33. The fraction of sp³-hybridized carbons (Fsp3) is 0.636. The summed E-state index contributed by atoms with van der Waals surface area (Å²) in [6.07, 6.45) is 1.73. The van der Waals surface area contributed by atoms with E-state index in [1.165, 1.54) is 5.56 Å². The van der Waals surface area contributed by atoms with Crippen molar-refractivity contribution in [1.82, 2.24) is 15.1 Å². The summed E-state index contributed by atoms with van der Waals surface area (Å²) in [5.41, 5.74) is 8.54. The molecule has 30 heavy (non-hydrogen) atoms. The number of likely N-dealkylation sites (tertiary alicyclic amines) is 1. The molecule has 0 radical (unpaired) electrons. The smallest absolute Gasteiger partial charge is 0.409 e. The van der Waals surface area contributed by atoms with Gasteiger partial charge in [-0.3, -0.25) is 4.90 Å². The third kappa shape index (κ3) is 6.88. The van der Waals surface area contributed by atoms with Crippen LogP contribution in [0.1, 0.15) is 37.8 Å². The zero-order valence-corrected chi connectivity index (χ0v) is 18.2. The third-order valence-corrected chi connectivity index (χ3v) is 5.53. The minimum Gasteiger partial charge on any atom is -0.450 e. The molecule has 1 unspecified atom stereocenters. The number of rotatable bonds is 6. The van der Waals surface area contributed by atoms with Crippen LogP contribution >= 0.6 is 0 Å². The van der Waals surface area contributed by atoms with Gasteiger partial charge in [0.1, 0.15) is 0 Å². The number of nitrogens with zero attached hydrogens (tertiary/aromatic N) is 3. The fourth-order valence-corrected chi connectivity index (χ4v) is 3.97. The van der Waals surface area contributed by atoms with Crippen LogP contribution in [0, 0.1) is 0 Å². The summed E-state index contributed by atoms with van der Waals surface area (Å²) in [6, 6.07) is 8.76. The minimum atomic E-state index is -0.232. The zero-order chi connectivity index (χ0) is 21.3. The van der Waals surface area contributed by atoms with Gasteiger partial charge in [0.15, 0.2) is 5.96 Å². The molecular weight excluding hydrogens is 382 g/mol. The van der Waals surface area contributed by atoms with Crippen LogP contribution in [0.4, 0.5) is 4.79 Å². The van der Waals surface area contributed by atoms with Crippen molar-refractivity contribution >= 4 is 12.1 Å². The van der Waals surface area contributed by atoms with Gasteiger partial charge in [0.2, 0.25) is 0 Å². The number of carbonyl (C=O) groups is 1. The Morgan fingerprint density at radius 1 is 1.30 bits per heavy atom. The number of aliphatic imine (C=N–C) groups is 1. The maximum atomic E-state index is 11.8. The molecule has 2 fully saturated rings. The van der Waals surface area contributed by atoms with E-state index in [-0.39, 0.29) is 12.1 Å². The lowest BCUT2D eigenvalue weighted by Gasteiger charge is -2.31. The largest absolute Gasteiger partial charge is 0.450 e. The van der Waals surface area contributed by atoms with Crippen molar-refractivity contribution < 1.29 is 14.3 Å². The Bertz CT molecular complexity index is 718. The van der Waals surface area contributed by atoms with Crippen LogP contribution in [0.5, 0.6) is 0 Å². The molecule has 166 valence electrons. The van der Waals surface area contributed by atoms with Crippen molar-refractivity contribution in [3.8, 4) is 0 Å². The Labute approximate surface area is 179 Å². The van der Waals surface area contributed by atoms with E-state index >= 15 is 0 Å². The maximum absolute atomic E-state index is 11.8. The van der Waals surface area contributed by atoms with E-state index in [1.807, 2.05) is 6.92 Å². The summed E-state index contributed by atoms with van der Waals surface area (Å²) in [5.74, 6) is 0.456. The van der Waals surface area contributed by atoms with Crippen LogP contribution in [0.2, 0.25) is 0 Å². The monoisotopic (exact) mass is 417 g/mol. The normalized spacial score (nSPS) is 21.5. The molecule has 2 aliphatic heterocycles. The average Bonchev–Trinajstić information content (AvgIpc) is 2.73. The summed E-state index contributed by atoms with van der Waals surface area (Å²) in [7, 11) is 0. The van der Waals surface area contributed by atoms with Crippen molar-refractivity contribution in [2.45, 2.75) is 51.9 Å². The molecule has 1 aromatic carbocycles. The average molecular weight is 418 g/mol. The summed E-state index contributed by atoms with van der Waals surface area (Å²) in [6.45, 7) is 9.90. The standard InChI is InChI=1S/C22H35N5O3/c1-3-29-22(28)27-9-7-20(8-10-27)25-21(23)24-14-18-5-4-6-19(13-18)16-26-11-12-30-17(2)15-26/h4-6,13,17,20H,3,7-12,14-16H2,1-2H3,(H3,23,24,25). The second-order valence-electron chi connectivity index (χ2n) is 8.04. The number of amides is 1. The molecule has 0 aliphatic carbocycles. The van der Waals surface area contributed by atoms with Gasteiger partial charge in [0.05, 0.1) is 25.9 Å². The van der Waals surface area contributed by atoms with Gasteiger partial charge < -0.3 is 25.4 Å². The van der Waals surface area contributed by atoms with Crippen molar-refractivity contribution in [2.75, 3.05) is 39.4 Å². The lowest BCUT2D eigenvalue weighted by Crippen LogP contribution is -2.48. The minimum absolute atomic E-state index is 0.231. The molecule has 3 N–H and O–H groups in total. The molecule has 1 atom stereocenters. The fourth-order valence-electron chi connectivity index (χ4n) is 3.97. The molecule has 2 aliphatic rings. The highest BCUT2D eigenvalue weighted by atomic mass is 16.6. The first-order valence-electron chi connectivity index (χ1n) is 10.9. The van der Waals surface area contributed by atoms with E-state index < -0.39 is 0 Å². The van der Waals surface area contributed by atoms with Crippen molar-refractivity contribution in [2.24, 2.45) is 10.7 Å². The van der Waals surface area contributed by atoms with Gasteiger partial charge >= 0.3 is 6.09 Å². The molecular formula is C22H35N5O3. The van der Waals surface area contributed by atoms with Gasteiger partial charge in [0, 0.05) is 38.8 Å². The van der Waals surface area contributed by atoms with Crippen molar-refractivity contribution in [1.29, 1.82) is 0 Å². The number of guanidine groups is 1. The quantitative estimate of drug-likeness (QED) is 0.543. The van der Waals surface area contributed by atoms with Gasteiger partial charge in [-0.1, -0.05) is 24.3 Å². The van der Waals surface area contributed by atoms with Gasteiger partial charge in [0.25, 0.3) is 0 Å². The second kappa shape index (κ2) is 11.2. The van der Waals surface area contributed by atoms with Crippen LogP contribution < -0.4 is 11.1 Å². The lowest BCUT2D eigenvalue weighted by atomic mass is 10.1. The highest BCUT2D eigenvalue weighted by Crippen LogP contribution is 2.14. The predicted octanol–water partition coefficient (Wildman–Crippen LogP) is 1.93. The molecule has 2 saturated heterocycles. The zero-order valence-electron chi connectivity index (χ0n) is 18.2. The van der Waals surface area contributed by atoms with Gasteiger partial charge in [-0.15, -0.1) is 0 Å². The number of morpholine rings is 1. The Morgan fingerprint density at radius 2 is 2.07 bits per heavy atom. The first kappa shape index (κ1) is 22.4. The molecule has 2 heterocycles. The molecule has 8 nitrogen and oxygen atoms in total. The molecule has 0 bridgehead atoms. The number of ether oxygens (including phenoxy) is 2. The third-order valence-electron chi connectivity index (χ3n) is 5.53.